The van der Waals surface area contributed by atoms with Crippen molar-refractivity contribution < 1.29 is 4.42 Å². The van der Waals surface area contributed by atoms with Crippen molar-refractivity contribution in [1.29, 1.82) is 0 Å². The Kier molecular flexibility index (Phi) is 5.03. The highest BCUT2D eigenvalue weighted by atomic mass is 16.3. The molecule has 216 valence electrons. The Hall–Kier alpha value is -5.87. The van der Waals surface area contributed by atoms with Crippen LogP contribution in [-0.4, -0.2) is 15.0 Å². The van der Waals surface area contributed by atoms with Crippen molar-refractivity contribution in [3.05, 3.63) is 185 Å². The molecule has 3 aliphatic rings. The molecule has 4 heteroatoms. The van der Waals surface area contributed by atoms with Gasteiger partial charge in [-0.1, -0.05) is 127 Å². The molecule has 0 aliphatic heterocycles. The van der Waals surface area contributed by atoms with Crippen molar-refractivity contribution in [3.8, 4) is 22.8 Å². The normalized spacial score (nSPS) is 19.2. The molecule has 8 aromatic rings. The van der Waals surface area contributed by atoms with E-state index >= 15 is 0 Å². The molecule has 2 aromatic heterocycles. The zero-order chi connectivity index (χ0) is 30.5. The van der Waals surface area contributed by atoms with Crippen molar-refractivity contribution in [1.82, 2.24) is 15.0 Å². The lowest BCUT2D eigenvalue weighted by Crippen LogP contribution is -2.50. The monoisotopic (exact) mass is 589 g/mol. The topological polar surface area (TPSA) is 51.8 Å². The van der Waals surface area contributed by atoms with E-state index in [9.17, 15) is 0 Å². The van der Waals surface area contributed by atoms with Crippen LogP contribution in [0.2, 0.25) is 0 Å². The van der Waals surface area contributed by atoms with Crippen LogP contribution in [0.5, 0.6) is 0 Å². The minimum atomic E-state index is -0.730. The summed E-state index contributed by atoms with van der Waals surface area (Å²) >= 11 is 0. The summed E-state index contributed by atoms with van der Waals surface area (Å²) in [5.74, 6) is 1.98. The number of nitrogens with zero attached hydrogens (tertiary/aromatic N) is 3. The fraction of sp³-hybridized carbons (Fsp3) is 0.0714. The summed E-state index contributed by atoms with van der Waals surface area (Å²) in [4.78, 5) is 16.0. The van der Waals surface area contributed by atoms with Crippen LogP contribution in [0.3, 0.4) is 0 Å². The van der Waals surface area contributed by atoms with Gasteiger partial charge in [0.15, 0.2) is 17.5 Å². The van der Waals surface area contributed by atoms with Crippen molar-refractivity contribution in [2.24, 2.45) is 0 Å². The Morgan fingerprint density at radius 2 is 0.935 bits per heavy atom. The van der Waals surface area contributed by atoms with Gasteiger partial charge in [-0.15, -0.1) is 0 Å². The number of aromatic nitrogens is 3. The van der Waals surface area contributed by atoms with Crippen LogP contribution in [0.1, 0.15) is 46.1 Å². The molecular weight excluding hydrogens is 562 g/mol. The summed E-state index contributed by atoms with van der Waals surface area (Å²) in [5.41, 5.74) is 10.0. The van der Waals surface area contributed by atoms with Gasteiger partial charge < -0.3 is 4.42 Å². The van der Waals surface area contributed by atoms with Crippen LogP contribution in [0.25, 0.3) is 44.7 Å². The van der Waals surface area contributed by atoms with Gasteiger partial charge in [0.1, 0.15) is 16.6 Å². The molecule has 46 heavy (non-hydrogen) atoms. The summed E-state index contributed by atoms with van der Waals surface area (Å²) < 4.78 is 6.30. The number of fused-ring (bicyclic) bond motifs is 3. The Morgan fingerprint density at radius 1 is 0.435 bits per heavy atom. The first kappa shape index (κ1) is 25.5. The van der Waals surface area contributed by atoms with Gasteiger partial charge in [0.25, 0.3) is 0 Å². The summed E-state index contributed by atoms with van der Waals surface area (Å²) in [6.45, 7) is 2.36. The van der Waals surface area contributed by atoms with Gasteiger partial charge >= 0.3 is 0 Å². The van der Waals surface area contributed by atoms with Crippen molar-refractivity contribution >= 4 is 21.9 Å². The highest BCUT2D eigenvalue weighted by Crippen LogP contribution is 2.63. The minimum Gasteiger partial charge on any atom is -0.456 e. The lowest BCUT2D eigenvalue weighted by atomic mass is 9.47. The molecule has 6 aromatic carbocycles. The van der Waals surface area contributed by atoms with Gasteiger partial charge in [-0.05, 0) is 58.5 Å². The van der Waals surface area contributed by atoms with E-state index in [4.69, 9.17) is 19.4 Å². The fourth-order valence-electron chi connectivity index (χ4n) is 8.22. The maximum absolute atomic E-state index is 6.30. The second kappa shape index (κ2) is 9.09. The average Bonchev–Trinajstić information content (AvgIpc) is 3.50. The van der Waals surface area contributed by atoms with Gasteiger partial charge in [0.2, 0.25) is 0 Å². The third kappa shape index (κ3) is 3.15. The molecule has 0 saturated carbocycles. The second-order valence-corrected chi connectivity index (χ2v) is 12.5. The number of hydrogen-bond acceptors (Lipinski definition) is 4. The molecule has 2 heterocycles. The average molecular weight is 590 g/mol. The van der Waals surface area contributed by atoms with Crippen molar-refractivity contribution in [3.63, 3.8) is 0 Å². The molecule has 0 radical (unpaired) electrons. The van der Waals surface area contributed by atoms with Crippen molar-refractivity contribution in [2.75, 3.05) is 0 Å². The van der Waals surface area contributed by atoms with E-state index < -0.39 is 5.41 Å². The zero-order valence-corrected chi connectivity index (χ0v) is 25.1. The summed E-state index contributed by atoms with van der Waals surface area (Å²) in [6, 6.07) is 51.2. The number of benzene rings is 6. The highest BCUT2D eigenvalue weighted by molar-refractivity contribution is 6.05. The first-order chi connectivity index (χ1) is 22.7. The van der Waals surface area contributed by atoms with Crippen LogP contribution in [0, 0.1) is 0 Å². The van der Waals surface area contributed by atoms with E-state index in [1.54, 1.807) is 0 Å². The largest absolute Gasteiger partial charge is 0.456 e. The van der Waals surface area contributed by atoms with Gasteiger partial charge in [-0.25, -0.2) is 15.0 Å². The predicted octanol–water partition coefficient (Wildman–Crippen LogP) is 9.47. The first-order valence-corrected chi connectivity index (χ1v) is 15.7. The molecule has 0 unspecified atom stereocenters. The van der Waals surface area contributed by atoms with Gasteiger partial charge in [0, 0.05) is 27.3 Å². The number of furan rings is 1. The van der Waals surface area contributed by atoms with Crippen LogP contribution in [0.4, 0.5) is 0 Å². The van der Waals surface area contributed by atoms with E-state index in [0.717, 1.165) is 38.9 Å². The number of para-hydroxylation sites is 1. The SMILES string of the molecule is CC12c3ccccc3C(c3nc(-c4ccccc4)nc(-c4ccc5c(c4)oc4ccccc45)n3)(c3ccccc31)c1ccccc12. The molecule has 3 aliphatic carbocycles. The molecule has 2 bridgehead atoms. The van der Waals surface area contributed by atoms with Gasteiger partial charge in [-0.3, -0.25) is 0 Å². The van der Waals surface area contributed by atoms with Crippen LogP contribution >= 0.6 is 0 Å². The van der Waals surface area contributed by atoms with Gasteiger partial charge in [0.05, 0.1) is 0 Å². The van der Waals surface area contributed by atoms with E-state index in [1.807, 2.05) is 36.4 Å². The molecule has 0 spiro atoms. The predicted molar refractivity (Wildman–Crippen MR) is 182 cm³/mol. The molecule has 0 fully saturated rings. The second-order valence-electron chi connectivity index (χ2n) is 12.5. The first-order valence-electron chi connectivity index (χ1n) is 15.7. The molecule has 4 nitrogen and oxygen atoms in total. The standard InChI is InChI=1S/C42H27N3O/c1-41-30-16-6-9-19-33(30)42(34-20-10-7-17-31(34)41,35-21-11-8-18-32(35)41)40-44-38(26-13-3-2-4-14-26)43-39(45-40)27-23-24-29-28-15-5-12-22-36(28)46-37(29)25-27/h2-25H,1H3. The smallest absolute Gasteiger partial charge is 0.163 e. The molecule has 0 saturated heterocycles. The van der Waals surface area contributed by atoms with Crippen molar-refractivity contribution in [2.45, 2.75) is 17.8 Å². The van der Waals surface area contributed by atoms with Crippen LogP contribution in [-0.2, 0) is 10.8 Å². The quantitative estimate of drug-likeness (QED) is 0.206. The van der Waals surface area contributed by atoms with Crippen LogP contribution in [0.15, 0.2) is 150 Å². The Morgan fingerprint density at radius 3 is 1.57 bits per heavy atom. The third-order valence-electron chi connectivity index (χ3n) is 10.2. The molecule has 0 N–H and O–H groups in total. The Labute approximate surface area is 266 Å². The third-order valence-corrected chi connectivity index (χ3v) is 10.2. The Balaban J connectivity index is 1.32. The maximum atomic E-state index is 6.30. The molecule has 11 rings (SSSR count). The van der Waals surface area contributed by atoms with Crippen LogP contribution < -0.4 is 0 Å². The molecular formula is C42H27N3O. The summed E-state index contributed by atoms with van der Waals surface area (Å²) in [5, 5.41) is 2.17. The molecule has 0 amide bonds. The number of rotatable bonds is 3. The van der Waals surface area contributed by atoms with Gasteiger partial charge in [-0.2, -0.15) is 0 Å². The van der Waals surface area contributed by atoms with E-state index in [1.165, 1.54) is 33.4 Å². The maximum Gasteiger partial charge on any atom is 0.163 e. The lowest BCUT2D eigenvalue weighted by Gasteiger charge is -2.54. The number of hydrogen-bond donors (Lipinski definition) is 0. The summed E-state index contributed by atoms with van der Waals surface area (Å²) in [6.07, 6.45) is 0. The van der Waals surface area contributed by atoms with E-state index in [0.29, 0.717) is 11.6 Å². The van der Waals surface area contributed by atoms with E-state index in [2.05, 4.69) is 116 Å². The zero-order valence-electron chi connectivity index (χ0n) is 25.1. The summed E-state index contributed by atoms with van der Waals surface area (Å²) in [7, 11) is 0. The fourth-order valence-corrected chi connectivity index (χ4v) is 8.22. The molecule has 0 atom stereocenters. The van der Waals surface area contributed by atoms with E-state index in [-0.39, 0.29) is 5.41 Å². The lowest BCUT2D eigenvalue weighted by molar-refractivity contribution is 0.514. The Bertz CT molecular complexity index is 2390. The minimum absolute atomic E-state index is 0.296. The highest BCUT2D eigenvalue weighted by Gasteiger charge is 2.59.